The van der Waals surface area contributed by atoms with Gasteiger partial charge in [-0.05, 0) is 24.7 Å². The zero-order valence-electron chi connectivity index (χ0n) is 10.2. The molecule has 0 aliphatic heterocycles. The molecule has 0 bridgehead atoms. The minimum atomic E-state index is 0.543. The Bertz CT molecular complexity index is 569. The van der Waals surface area contributed by atoms with Gasteiger partial charge in [0.2, 0.25) is 0 Å². The molecule has 2 rings (SSSR count). The van der Waals surface area contributed by atoms with E-state index in [2.05, 4.69) is 27.0 Å². The fourth-order valence-corrected chi connectivity index (χ4v) is 2.59. The molecule has 0 unspecified atom stereocenters. The number of thiocarbonyl (C=S) groups is 1. The first-order valence-corrected chi connectivity index (χ1v) is 7.09. The first-order chi connectivity index (χ1) is 8.79. The number of hydrogen-bond donors (Lipinski definition) is 1. The monoisotopic (exact) mass is 277 g/mol. The summed E-state index contributed by atoms with van der Waals surface area (Å²) in [4.78, 5) is 5.33. The van der Waals surface area contributed by atoms with Gasteiger partial charge in [0.1, 0.15) is 0 Å². The summed E-state index contributed by atoms with van der Waals surface area (Å²) in [6.07, 6.45) is 2.03. The molecule has 0 spiro atoms. The zero-order valence-corrected chi connectivity index (χ0v) is 11.8. The summed E-state index contributed by atoms with van der Waals surface area (Å²) >= 11 is 6.73. The molecule has 0 aliphatic carbocycles. The molecule has 1 heterocycles. The summed E-state index contributed by atoms with van der Waals surface area (Å²) < 4.78 is 2.10. The number of benzene rings is 1. The molecule has 0 saturated carbocycles. The summed E-state index contributed by atoms with van der Waals surface area (Å²) in [5, 5.41) is 5.60. The number of rotatable bonds is 3. The van der Waals surface area contributed by atoms with Gasteiger partial charge in [-0.15, -0.1) is 11.3 Å². The van der Waals surface area contributed by atoms with E-state index in [4.69, 9.17) is 12.2 Å². The highest BCUT2D eigenvalue weighted by Gasteiger charge is 1.98. The van der Waals surface area contributed by atoms with Crippen molar-refractivity contribution >= 4 is 28.7 Å². The predicted octanol–water partition coefficient (Wildman–Crippen LogP) is 2.39. The van der Waals surface area contributed by atoms with Crippen molar-refractivity contribution in [2.24, 2.45) is 4.99 Å². The van der Waals surface area contributed by atoms with Crippen molar-refractivity contribution in [3.63, 3.8) is 0 Å². The molecule has 0 saturated heterocycles. The van der Waals surface area contributed by atoms with Crippen molar-refractivity contribution in [2.75, 3.05) is 6.54 Å². The van der Waals surface area contributed by atoms with E-state index in [9.17, 15) is 0 Å². The van der Waals surface area contributed by atoms with Gasteiger partial charge in [-0.3, -0.25) is 0 Å². The molecule has 1 aromatic heterocycles. The van der Waals surface area contributed by atoms with Gasteiger partial charge in [0.05, 0.1) is 0 Å². The molecule has 1 aromatic carbocycles. The van der Waals surface area contributed by atoms with E-state index >= 15 is 0 Å². The van der Waals surface area contributed by atoms with Crippen LogP contribution in [0.5, 0.6) is 0 Å². The Labute approximate surface area is 116 Å². The minimum absolute atomic E-state index is 0.543. The SMILES string of the molecule is CCNC(=S)/N=c1\sccn1Cc1ccccc1. The van der Waals surface area contributed by atoms with E-state index in [0.29, 0.717) is 5.11 Å². The Hall–Kier alpha value is -1.46. The second-order valence-corrected chi connectivity index (χ2v) is 5.01. The number of thiazole rings is 1. The van der Waals surface area contributed by atoms with Crippen LogP contribution in [0.3, 0.4) is 0 Å². The van der Waals surface area contributed by atoms with Gasteiger partial charge >= 0.3 is 0 Å². The van der Waals surface area contributed by atoms with Crippen LogP contribution < -0.4 is 10.1 Å². The Morgan fingerprint density at radius 2 is 2.17 bits per heavy atom. The van der Waals surface area contributed by atoms with Gasteiger partial charge in [-0.1, -0.05) is 30.3 Å². The van der Waals surface area contributed by atoms with Gasteiger partial charge in [-0.2, -0.15) is 4.99 Å². The molecular formula is C13H15N3S2. The maximum absolute atomic E-state index is 5.14. The Balaban J connectivity index is 2.20. The highest BCUT2D eigenvalue weighted by molar-refractivity contribution is 7.80. The topological polar surface area (TPSA) is 29.3 Å². The van der Waals surface area contributed by atoms with Crippen LogP contribution in [0, 0.1) is 0 Å². The van der Waals surface area contributed by atoms with Crippen molar-refractivity contribution in [2.45, 2.75) is 13.5 Å². The van der Waals surface area contributed by atoms with E-state index in [1.54, 1.807) is 11.3 Å². The molecule has 0 fully saturated rings. The summed E-state index contributed by atoms with van der Waals surface area (Å²) in [7, 11) is 0. The molecule has 0 radical (unpaired) electrons. The largest absolute Gasteiger partial charge is 0.361 e. The molecule has 0 amide bonds. The lowest BCUT2D eigenvalue weighted by molar-refractivity contribution is 0.770. The lowest BCUT2D eigenvalue weighted by atomic mass is 10.2. The molecule has 3 nitrogen and oxygen atoms in total. The second-order valence-electron chi connectivity index (χ2n) is 3.75. The normalized spacial score (nSPS) is 11.5. The molecule has 0 aliphatic rings. The van der Waals surface area contributed by atoms with Gasteiger partial charge in [-0.25, -0.2) is 0 Å². The van der Waals surface area contributed by atoms with Crippen LogP contribution in [0.25, 0.3) is 0 Å². The molecule has 18 heavy (non-hydrogen) atoms. The van der Waals surface area contributed by atoms with Crippen LogP contribution in [0.15, 0.2) is 46.9 Å². The average molecular weight is 277 g/mol. The quantitative estimate of drug-likeness (QED) is 0.873. The number of aromatic nitrogens is 1. The predicted molar refractivity (Wildman–Crippen MR) is 79.7 cm³/mol. The third kappa shape index (κ3) is 3.51. The first-order valence-electron chi connectivity index (χ1n) is 5.80. The van der Waals surface area contributed by atoms with Crippen LogP contribution in [-0.4, -0.2) is 16.2 Å². The van der Waals surface area contributed by atoms with Gasteiger partial charge < -0.3 is 9.88 Å². The summed E-state index contributed by atoms with van der Waals surface area (Å²) in [5.41, 5.74) is 1.26. The highest BCUT2D eigenvalue weighted by Crippen LogP contribution is 2.01. The maximum atomic E-state index is 5.14. The van der Waals surface area contributed by atoms with E-state index < -0.39 is 0 Å². The van der Waals surface area contributed by atoms with Crippen molar-refractivity contribution in [1.29, 1.82) is 0 Å². The fourth-order valence-electron chi connectivity index (χ4n) is 1.56. The summed E-state index contributed by atoms with van der Waals surface area (Å²) in [6.45, 7) is 3.62. The Kier molecular flexibility index (Phi) is 4.66. The third-order valence-corrected chi connectivity index (χ3v) is 3.41. The fraction of sp³-hybridized carbons (Fsp3) is 0.231. The van der Waals surface area contributed by atoms with Crippen LogP contribution >= 0.6 is 23.6 Å². The minimum Gasteiger partial charge on any atom is -0.361 e. The smallest absolute Gasteiger partial charge is 0.195 e. The summed E-state index contributed by atoms with van der Waals surface area (Å²) in [5.74, 6) is 0. The Morgan fingerprint density at radius 1 is 1.39 bits per heavy atom. The van der Waals surface area contributed by atoms with Crippen LogP contribution in [0.1, 0.15) is 12.5 Å². The van der Waals surface area contributed by atoms with E-state index in [1.165, 1.54) is 5.56 Å². The standard InChI is InChI=1S/C13H15N3S2/c1-2-14-12(17)15-13-16(8-9-18-13)10-11-6-4-3-5-7-11/h3-9H,2,10H2,1H3,(H,14,17)/b15-13-. The number of nitrogens with one attached hydrogen (secondary N) is 1. The average Bonchev–Trinajstić information content (AvgIpc) is 2.78. The van der Waals surface area contributed by atoms with Crippen molar-refractivity contribution in [3.8, 4) is 0 Å². The van der Waals surface area contributed by atoms with Gasteiger partial charge in [0, 0.05) is 24.7 Å². The van der Waals surface area contributed by atoms with Gasteiger partial charge in [0.15, 0.2) is 9.91 Å². The molecule has 1 N–H and O–H groups in total. The van der Waals surface area contributed by atoms with Crippen molar-refractivity contribution < 1.29 is 0 Å². The Morgan fingerprint density at radius 3 is 2.89 bits per heavy atom. The lowest BCUT2D eigenvalue weighted by Gasteiger charge is -2.03. The van der Waals surface area contributed by atoms with Crippen molar-refractivity contribution in [3.05, 3.63) is 52.3 Å². The first kappa shape index (κ1) is 13.0. The molecule has 5 heteroatoms. The van der Waals surface area contributed by atoms with Crippen LogP contribution in [0.2, 0.25) is 0 Å². The van der Waals surface area contributed by atoms with Crippen LogP contribution in [-0.2, 0) is 6.54 Å². The third-order valence-electron chi connectivity index (χ3n) is 2.38. The zero-order chi connectivity index (χ0) is 12.8. The van der Waals surface area contributed by atoms with E-state index in [-0.39, 0.29) is 0 Å². The van der Waals surface area contributed by atoms with E-state index in [1.807, 2.05) is 36.7 Å². The maximum Gasteiger partial charge on any atom is 0.195 e. The molecule has 94 valence electrons. The molecule has 0 atom stereocenters. The van der Waals surface area contributed by atoms with Gasteiger partial charge in [0.25, 0.3) is 0 Å². The lowest BCUT2D eigenvalue weighted by Crippen LogP contribution is -2.24. The highest BCUT2D eigenvalue weighted by atomic mass is 32.1. The number of hydrogen-bond acceptors (Lipinski definition) is 2. The van der Waals surface area contributed by atoms with Crippen LogP contribution in [0.4, 0.5) is 0 Å². The molecular weight excluding hydrogens is 262 g/mol. The summed E-state index contributed by atoms with van der Waals surface area (Å²) in [6, 6.07) is 10.3. The number of nitrogens with zero attached hydrogens (tertiary/aromatic N) is 2. The molecule has 2 aromatic rings. The van der Waals surface area contributed by atoms with E-state index in [0.717, 1.165) is 17.9 Å². The second kappa shape index (κ2) is 6.47. The van der Waals surface area contributed by atoms with Crippen molar-refractivity contribution in [1.82, 2.24) is 9.88 Å².